The van der Waals surface area contributed by atoms with E-state index in [0.717, 1.165) is 43.2 Å². The number of hydrogen-bond acceptors (Lipinski definition) is 6. The van der Waals surface area contributed by atoms with Gasteiger partial charge in [-0.05, 0) is 25.3 Å². The van der Waals surface area contributed by atoms with Crippen LogP contribution >= 0.6 is 11.3 Å². The van der Waals surface area contributed by atoms with Crippen LogP contribution in [0.4, 0.5) is 11.5 Å². The molecule has 4 rings (SSSR count). The van der Waals surface area contributed by atoms with E-state index in [2.05, 4.69) is 56.4 Å². The first kappa shape index (κ1) is 17.6. The van der Waals surface area contributed by atoms with Gasteiger partial charge in [0, 0.05) is 24.9 Å². The van der Waals surface area contributed by atoms with E-state index in [4.69, 9.17) is 0 Å². The zero-order chi connectivity index (χ0) is 18.6. The Bertz CT molecular complexity index is 932. The lowest BCUT2D eigenvalue weighted by molar-refractivity contribution is 0.102. The van der Waals surface area contributed by atoms with Gasteiger partial charge in [-0.3, -0.25) is 4.79 Å². The summed E-state index contributed by atoms with van der Waals surface area (Å²) in [5.74, 6) is 0.558. The van der Waals surface area contributed by atoms with Gasteiger partial charge in [-0.25, -0.2) is 15.0 Å². The minimum atomic E-state index is -0.225. The minimum Gasteiger partial charge on any atom is -0.355 e. The van der Waals surface area contributed by atoms with Gasteiger partial charge in [0.25, 0.3) is 5.91 Å². The minimum absolute atomic E-state index is 0.225. The first-order chi connectivity index (χ1) is 13.2. The van der Waals surface area contributed by atoms with E-state index < -0.39 is 0 Å². The van der Waals surface area contributed by atoms with Crippen LogP contribution in [0, 0.1) is 6.92 Å². The molecule has 1 amide bonds. The van der Waals surface area contributed by atoms with Gasteiger partial charge in [-0.15, -0.1) is 11.3 Å². The summed E-state index contributed by atoms with van der Waals surface area (Å²) >= 11 is 1.50. The van der Waals surface area contributed by atoms with Crippen LogP contribution in [0.2, 0.25) is 0 Å². The van der Waals surface area contributed by atoms with E-state index in [1.807, 2.05) is 0 Å². The number of nitrogens with one attached hydrogen (secondary N) is 1. The lowest BCUT2D eigenvalue weighted by Gasteiger charge is -2.19. The van der Waals surface area contributed by atoms with Gasteiger partial charge in [-0.1, -0.05) is 29.8 Å². The Morgan fingerprint density at radius 2 is 2.00 bits per heavy atom. The molecule has 1 aromatic carbocycles. The maximum Gasteiger partial charge on any atom is 0.275 e. The fourth-order valence-electron chi connectivity index (χ4n) is 3.16. The van der Waals surface area contributed by atoms with E-state index >= 15 is 0 Å². The number of rotatable bonds is 5. The number of hydrogen-bond donors (Lipinski definition) is 1. The van der Waals surface area contributed by atoms with Crippen molar-refractivity contribution < 1.29 is 4.79 Å². The second-order valence-electron chi connectivity index (χ2n) is 6.70. The lowest BCUT2D eigenvalue weighted by atomic mass is 10.1. The molecule has 1 aliphatic heterocycles. The van der Waals surface area contributed by atoms with Crippen molar-refractivity contribution in [1.29, 1.82) is 0 Å². The molecule has 1 saturated heterocycles. The fourth-order valence-corrected chi connectivity index (χ4v) is 3.96. The zero-order valence-corrected chi connectivity index (χ0v) is 16.0. The number of anilines is 2. The largest absolute Gasteiger partial charge is 0.355 e. The van der Waals surface area contributed by atoms with Gasteiger partial charge in [-0.2, -0.15) is 0 Å². The molecule has 27 heavy (non-hydrogen) atoms. The van der Waals surface area contributed by atoms with Crippen molar-refractivity contribution in [3.05, 3.63) is 64.0 Å². The summed E-state index contributed by atoms with van der Waals surface area (Å²) < 4.78 is 0. The number of carbonyl (C=O) groups excluding carboxylic acids is 1. The van der Waals surface area contributed by atoms with Crippen LogP contribution in [0.1, 0.15) is 39.5 Å². The molecule has 2 aromatic heterocycles. The lowest BCUT2D eigenvalue weighted by Crippen LogP contribution is -2.22. The molecule has 0 aliphatic carbocycles. The third kappa shape index (κ3) is 4.14. The van der Waals surface area contributed by atoms with Gasteiger partial charge in [0.15, 0.2) is 5.82 Å². The summed E-state index contributed by atoms with van der Waals surface area (Å²) in [7, 11) is 0. The van der Waals surface area contributed by atoms with Crippen LogP contribution in [0.5, 0.6) is 0 Å². The summed E-state index contributed by atoms with van der Waals surface area (Å²) in [6.07, 6.45) is 6.19. The van der Waals surface area contributed by atoms with Crippen molar-refractivity contribution in [3.8, 4) is 0 Å². The number of benzene rings is 1. The molecule has 1 aliphatic rings. The average Bonchev–Trinajstić information content (AvgIpc) is 3.36. The SMILES string of the molecule is Cc1ccc(Cc2nc(C(=O)Nc3cncnc3N3CCCC3)cs2)cc1. The molecule has 0 atom stereocenters. The van der Waals surface area contributed by atoms with Crippen LogP contribution < -0.4 is 10.2 Å². The van der Waals surface area contributed by atoms with E-state index in [9.17, 15) is 4.79 Å². The average molecular weight is 379 g/mol. The highest BCUT2D eigenvalue weighted by Gasteiger charge is 2.19. The van der Waals surface area contributed by atoms with Gasteiger partial charge >= 0.3 is 0 Å². The van der Waals surface area contributed by atoms with Crippen LogP contribution in [-0.2, 0) is 6.42 Å². The van der Waals surface area contributed by atoms with Crippen molar-refractivity contribution >= 4 is 28.7 Å². The monoisotopic (exact) mass is 379 g/mol. The molecule has 0 radical (unpaired) electrons. The molecule has 1 N–H and O–H groups in total. The summed E-state index contributed by atoms with van der Waals surface area (Å²) in [5.41, 5.74) is 3.49. The standard InChI is InChI=1S/C20H21N5OS/c1-14-4-6-15(7-5-14)10-18-23-17(12-27-18)20(26)24-16-11-21-13-22-19(16)25-8-2-3-9-25/h4-7,11-13H,2-3,8-10H2,1H3,(H,24,26). The molecule has 3 heterocycles. The Hall–Kier alpha value is -2.80. The van der Waals surface area contributed by atoms with E-state index in [-0.39, 0.29) is 5.91 Å². The third-order valence-corrected chi connectivity index (χ3v) is 5.45. The Morgan fingerprint density at radius 3 is 2.78 bits per heavy atom. The molecule has 0 spiro atoms. The highest BCUT2D eigenvalue weighted by molar-refractivity contribution is 7.09. The van der Waals surface area contributed by atoms with Crippen LogP contribution in [0.25, 0.3) is 0 Å². The first-order valence-corrected chi connectivity index (χ1v) is 9.93. The Labute approximate surface area is 162 Å². The normalized spacial score (nSPS) is 13.7. The van der Waals surface area contributed by atoms with Crippen LogP contribution in [0.3, 0.4) is 0 Å². The van der Waals surface area contributed by atoms with Crippen molar-refractivity contribution in [2.75, 3.05) is 23.3 Å². The summed E-state index contributed by atoms with van der Waals surface area (Å²) in [6.45, 7) is 3.98. The highest BCUT2D eigenvalue weighted by atomic mass is 32.1. The Morgan fingerprint density at radius 1 is 1.22 bits per heavy atom. The fraction of sp³-hybridized carbons (Fsp3) is 0.300. The van der Waals surface area contributed by atoms with Crippen molar-refractivity contribution in [2.24, 2.45) is 0 Å². The first-order valence-electron chi connectivity index (χ1n) is 9.05. The van der Waals surface area contributed by atoms with E-state index in [0.29, 0.717) is 11.4 Å². The maximum absolute atomic E-state index is 12.7. The van der Waals surface area contributed by atoms with E-state index in [1.165, 1.54) is 28.8 Å². The van der Waals surface area contributed by atoms with Crippen LogP contribution in [-0.4, -0.2) is 33.9 Å². The van der Waals surface area contributed by atoms with Gasteiger partial charge in [0.1, 0.15) is 17.7 Å². The Balaban J connectivity index is 1.46. The highest BCUT2D eigenvalue weighted by Crippen LogP contribution is 2.26. The maximum atomic E-state index is 12.7. The molecule has 1 fully saturated rings. The summed E-state index contributed by atoms with van der Waals surface area (Å²) in [5, 5.41) is 5.65. The molecule has 7 heteroatoms. The second kappa shape index (κ2) is 7.84. The molecule has 6 nitrogen and oxygen atoms in total. The molecular formula is C20H21N5OS. The molecule has 0 saturated carbocycles. The topological polar surface area (TPSA) is 71.0 Å². The van der Waals surface area contributed by atoms with Crippen molar-refractivity contribution in [1.82, 2.24) is 15.0 Å². The number of nitrogens with zero attached hydrogens (tertiary/aromatic N) is 4. The molecule has 0 unspecified atom stereocenters. The summed E-state index contributed by atoms with van der Waals surface area (Å²) in [6, 6.07) is 8.37. The number of carbonyl (C=O) groups is 1. The number of aryl methyl sites for hydroxylation is 1. The number of aromatic nitrogens is 3. The van der Waals surface area contributed by atoms with E-state index in [1.54, 1.807) is 11.6 Å². The molecular weight excluding hydrogens is 358 g/mol. The predicted octanol–water partition coefficient (Wildman–Crippen LogP) is 3.68. The predicted molar refractivity (Wildman–Crippen MR) is 108 cm³/mol. The van der Waals surface area contributed by atoms with Gasteiger partial charge in [0.05, 0.1) is 11.2 Å². The van der Waals surface area contributed by atoms with Gasteiger partial charge in [0.2, 0.25) is 0 Å². The molecule has 138 valence electrons. The molecule has 0 bridgehead atoms. The molecule has 3 aromatic rings. The van der Waals surface area contributed by atoms with Crippen molar-refractivity contribution in [3.63, 3.8) is 0 Å². The Kier molecular flexibility index (Phi) is 5.11. The third-order valence-electron chi connectivity index (χ3n) is 4.61. The van der Waals surface area contributed by atoms with Crippen molar-refractivity contribution in [2.45, 2.75) is 26.2 Å². The summed E-state index contributed by atoms with van der Waals surface area (Å²) in [4.78, 5) is 27.8. The second-order valence-corrected chi connectivity index (χ2v) is 7.64. The zero-order valence-electron chi connectivity index (χ0n) is 15.2. The number of thiazole rings is 1. The van der Waals surface area contributed by atoms with Crippen LogP contribution in [0.15, 0.2) is 42.2 Å². The van der Waals surface area contributed by atoms with Gasteiger partial charge < -0.3 is 10.2 Å². The smallest absolute Gasteiger partial charge is 0.275 e. The number of amides is 1. The quantitative estimate of drug-likeness (QED) is 0.732.